The molecule has 1 aromatic heterocycles. The van der Waals surface area contributed by atoms with Crippen molar-refractivity contribution in [3.63, 3.8) is 0 Å². The summed E-state index contributed by atoms with van der Waals surface area (Å²) >= 11 is 0. The lowest BCUT2D eigenvalue weighted by Crippen LogP contribution is -1.98. The number of ether oxygens (including phenoxy) is 1. The van der Waals surface area contributed by atoms with Crippen LogP contribution < -0.4 is 4.74 Å². The van der Waals surface area contributed by atoms with E-state index in [2.05, 4.69) is 10.1 Å². The number of aryl methyl sites for hydroxylation is 2. The van der Waals surface area contributed by atoms with E-state index in [0.717, 1.165) is 22.7 Å². The third-order valence-corrected chi connectivity index (χ3v) is 2.37. The Balaban J connectivity index is 2.63. The Hall–Kier alpha value is -1.84. The van der Waals surface area contributed by atoms with Crippen molar-refractivity contribution in [1.82, 2.24) is 14.8 Å². The molecule has 2 aromatic rings. The van der Waals surface area contributed by atoms with E-state index in [1.165, 1.54) is 6.33 Å². The third-order valence-electron chi connectivity index (χ3n) is 2.37. The summed E-state index contributed by atoms with van der Waals surface area (Å²) in [6, 6.07) is 5.98. The van der Waals surface area contributed by atoms with Crippen LogP contribution in [0.2, 0.25) is 0 Å². The summed E-state index contributed by atoms with van der Waals surface area (Å²) in [6.45, 7) is 2.01. The van der Waals surface area contributed by atoms with Gasteiger partial charge in [-0.05, 0) is 18.6 Å². The second-order valence-electron chi connectivity index (χ2n) is 3.36. The molecule has 1 aromatic carbocycles. The molecule has 0 saturated carbocycles. The topological polar surface area (TPSA) is 39.9 Å². The van der Waals surface area contributed by atoms with Crippen molar-refractivity contribution in [3.05, 3.63) is 30.1 Å². The maximum Gasteiger partial charge on any atom is 0.161 e. The molecule has 0 radical (unpaired) electrons. The van der Waals surface area contributed by atoms with Crippen LogP contribution in [-0.2, 0) is 7.05 Å². The fourth-order valence-corrected chi connectivity index (χ4v) is 1.64. The van der Waals surface area contributed by atoms with Gasteiger partial charge in [0.1, 0.15) is 12.1 Å². The van der Waals surface area contributed by atoms with Gasteiger partial charge in [-0.1, -0.05) is 12.1 Å². The molecule has 0 aliphatic rings. The first-order valence-corrected chi connectivity index (χ1v) is 4.72. The second kappa shape index (κ2) is 3.73. The van der Waals surface area contributed by atoms with E-state index in [1.54, 1.807) is 11.8 Å². The predicted molar refractivity (Wildman–Crippen MR) is 57.7 cm³/mol. The third kappa shape index (κ3) is 1.58. The normalized spacial score (nSPS) is 10.3. The van der Waals surface area contributed by atoms with Crippen molar-refractivity contribution < 1.29 is 4.74 Å². The smallest absolute Gasteiger partial charge is 0.161 e. The summed E-state index contributed by atoms with van der Waals surface area (Å²) in [4.78, 5) is 4.21. The summed E-state index contributed by atoms with van der Waals surface area (Å²) in [5, 5.41) is 4.05. The molecule has 0 atom stereocenters. The second-order valence-corrected chi connectivity index (χ2v) is 3.36. The van der Waals surface area contributed by atoms with Gasteiger partial charge >= 0.3 is 0 Å². The summed E-state index contributed by atoms with van der Waals surface area (Å²) in [5.41, 5.74) is 2.07. The van der Waals surface area contributed by atoms with Gasteiger partial charge in [-0.25, -0.2) is 9.67 Å². The molecule has 0 unspecified atom stereocenters. The number of rotatable bonds is 2. The van der Waals surface area contributed by atoms with E-state index in [1.807, 2.05) is 32.2 Å². The van der Waals surface area contributed by atoms with Gasteiger partial charge in [0, 0.05) is 7.05 Å². The van der Waals surface area contributed by atoms with E-state index >= 15 is 0 Å². The molecule has 0 spiro atoms. The number of benzene rings is 1. The highest BCUT2D eigenvalue weighted by Gasteiger charge is 2.11. The molecule has 0 fully saturated rings. The first-order valence-electron chi connectivity index (χ1n) is 4.72. The fraction of sp³-hybridized carbons (Fsp3) is 0.273. The molecule has 0 bridgehead atoms. The van der Waals surface area contributed by atoms with Crippen LogP contribution in [-0.4, -0.2) is 21.9 Å². The zero-order chi connectivity index (χ0) is 10.8. The quantitative estimate of drug-likeness (QED) is 0.747. The number of aromatic nitrogens is 3. The van der Waals surface area contributed by atoms with Crippen LogP contribution in [0, 0.1) is 6.92 Å². The highest BCUT2D eigenvalue weighted by molar-refractivity contribution is 5.66. The molecule has 1 heterocycles. The first-order chi connectivity index (χ1) is 7.24. The maximum absolute atomic E-state index is 5.37. The average Bonchev–Trinajstić information content (AvgIpc) is 2.64. The fourth-order valence-electron chi connectivity index (χ4n) is 1.64. The van der Waals surface area contributed by atoms with Gasteiger partial charge in [-0.2, -0.15) is 5.10 Å². The van der Waals surface area contributed by atoms with Crippen molar-refractivity contribution in [3.8, 4) is 17.1 Å². The number of methoxy groups -OCH3 is 1. The Morgan fingerprint density at radius 1 is 1.33 bits per heavy atom. The van der Waals surface area contributed by atoms with E-state index in [-0.39, 0.29) is 0 Å². The molecule has 0 N–H and O–H groups in total. The van der Waals surface area contributed by atoms with E-state index in [9.17, 15) is 0 Å². The summed E-state index contributed by atoms with van der Waals surface area (Å²) < 4.78 is 7.11. The molecule has 0 saturated heterocycles. The zero-order valence-electron chi connectivity index (χ0n) is 9.06. The molecule has 4 nitrogen and oxygen atoms in total. The van der Waals surface area contributed by atoms with Crippen molar-refractivity contribution in [2.45, 2.75) is 6.92 Å². The minimum atomic E-state index is 0.815. The van der Waals surface area contributed by atoms with Crippen LogP contribution in [0.25, 0.3) is 11.4 Å². The van der Waals surface area contributed by atoms with E-state index in [4.69, 9.17) is 4.74 Å². The maximum atomic E-state index is 5.37. The van der Waals surface area contributed by atoms with Crippen LogP contribution in [0.15, 0.2) is 24.5 Å². The summed E-state index contributed by atoms with van der Waals surface area (Å²) in [6.07, 6.45) is 1.54. The Kier molecular flexibility index (Phi) is 2.41. The summed E-state index contributed by atoms with van der Waals surface area (Å²) in [5.74, 6) is 1.67. The van der Waals surface area contributed by atoms with Crippen LogP contribution >= 0.6 is 0 Å². The van der Waals surface area contributed by atoms with Gasteiger partial charge in [-0.3, -0.25) is 0 Å². The number of hydrogen-bond donors (Lipinski definition) is 0. The van der Waals surface area contributed by atoms with Crippen molar-refractivity contribution in [2.75, 3.05) is 7.11 Å². The molecule has 15 heavy (non-hydrogen) atoms. The first kappa shape index (κ1) is 9.71. The highest BCUT2D eigenvalue weighted by Crippen LogP contribution is 2.30. The number of nitrogens with zero attached hydrogens (tertiary/aromatic N) is 3. The Morgan fingerprint density at radius 3 is 2.73 bits per heavy atom. The average molecular weight is 203 g/mol. The summed E-state index contributed by atoms with van der Waals surface area (Å²) in [7, 11) is 3.53. The highest BCUT2D eigenvalue weighted by atomic mass is 16.5. The van der Waals surface area contributed by atoms with E-state index in [0.29, 0.717) is 0 Å². The Bertz CT molecular complexity index is 476. The molecule has 78 valence electrons. The van der Waals surface area contributed by atoms with Crippen LogP contribution in [0.4, 0.5) is 0 Å². The number of para-hydroxylation sites is 1. The molecule has 0 aliphatic heterocycles. The lowest BCUT2D eigenvalue weighted by molar-refractivity contribution is 0.413. The van der Waals surface area contributed by atoms with Crippen LogP contribution in [0.5, 0.6) is 5.75 Å². The van der Waals surface area contributed by atoms with Gasteiger partial charge in [0.25, 0.3) is 0 Å². The van der Waals surface area contributed by atoms with E-state index < -0.39 is 0 Å². The van der Waals surface area contributed by atoms with Crippen LogP contribution in [0.3, 0.4) is 0 Å². The molecule has 2 rings (SSSR count). The largest absolute Gasteiger partial charge is 0.496 e. The minimum Gasteiger partial charge on any atom is -0.496 e. The van der Waals surface area contributed by atoms with Gasteiger partial charge in [0.2, 0.25) is 0 Å². The zero-order valence-corrected chi connectivity index (χ0v) is 9.06. The molecule has 0 amide bonds. The van der Waals surface area contributed by atoms with Crippen molar-refractivity contribution in [1.29, 1.82) is 0 Å². The Morgan fingerprint density at radius 2 is 2.13 bits per heavy atom. The van der Waals surface area contributed by atoms with Gasteiger partial charge in [-0.15, -0.1) is 0 Å². The monoisotopic (exact) mass is 203 g/mol. The predicted octanol–water partition coefficient (Wildman–Crippen LogP) is 1.80. The Labute approximate surface area is 88.5 Å². The molecular weight excluding hydrogens is 190 g/mol. The molecular formula is C11H13N3O. The minimum absolute atomic E-state index is 0.815. The lowest BCUT2D eigenvalue weighted by atomic mass is 10.1. The van der Waals surface area contributed by atoms with Gasteiger partial charge < -0.3 is 4.74 Å². The van der Waals surface area contributed by atoms with Gasteiger partial charge in [0.05, 0.1) is 12.7 Å². The van der Waals surface area contributed by atoms with Crippen molar-refractivity contribution in [2.24, 2.45) is 7.05 Å². The molecule has 4 heteroatoms. The lowest BCUT2D eigenvalue weighted by Gasteiger charge is -2.09. The van der Waals surface area contributed by atoms with Crippen LogP contribution in [0.1, 0.15) is 5.56 Å². The standard InChI is InChI=1S/C11H13N3O/c1-8-5-4-6-9(10(8)15-3)11-12-7-13-14(11)2/h4-7H,1-3H3. The van der Waals surface area contributed by atoms with Crippen molar-refractivity contribution >= 4 is 0 Å². The number of hydrogen-bond acceptors (Lipinski definition) is 3. The van der Waals surface area contributed by atoms with Gasteiger partial charge in [0.15, 0.2) is 5.82 Å². The molecule has 0 aliphatic carbocycles. The SMILES string of the molecule is COc1c(C)cccc1-c1ncnn1C.